The lowest BCUT2D eigenvalue weighted by Crippen LogP contribution is -2.61. The van der Waals surface area contributed by atoms with Crippen LogP contribution < -0.4 is 0 Å². The van der Waals surface area contributed by atoms with E-state index in [4.69, 9.17) is 4.43 Å². The molecule has 7 heteroatoms. The summed E-state index contributed by atoms with van der Waals surface area (Å²) in [5.41, 5.74) is 0.512. The van der Waals surface area contributed by atoms with E-state index in [-0.39, 0.29) is 15.6 Å². The van der Waals surface area contributed by atoms with Gasteiger partial charge in [0.2, 0.25) is 9.84 Å². The maximum atomic E-state index is 14.1. The molecule has 0 aliphatic heterocycles. The molecule has 4 nitrogen and oxygen atoms in total. The van der Waals surface area contributed by atoms with Gasteiger partial charge in [-0.25, -0.2) is 8.42 Å². The maximum absolute atomic E-state index is 14.1. The molecular formula is C28H36O4SSi2. The molecule has 0 aliphatic rings. The lowest BCUT2D eigenvalue weighted by atomic mass is 9.84. The molecule has 0 bridgehead atoms. The number of carbonyl (C=O) groups is 1. The van der Waals surface area contributed by atoms with Gasteiger partial charge >= 0.3 is 0 Å². The van der Waals surface area contributed by atoms with E-state index in [9.17, 15) is 13.2 Å². The van der Waals surface area contributed by atoms with Crippen LogP contribution in [0.5, 0.6) is 0 Å². The maximum Gasteiger partial charge on any atom is 0.206 e. The summed E-state index contributed by atoms with van der Waals surface area (Å²) < 4.78 is 33.0. The van der Waals surface area contributed by atoms with Gasteiger partial charge in [0, 0.05) is 12.0 Å². The van der Waals surface area contributed by atoms with Crippen LogP contribution in [-0.4, -0.2) is 35.2 Å². The van der Waals surface area contributed by atoms with Crippen molar-refractivity contribution in [2.45, 2.75) is 67.9 Å². The molecule has 0 amide bonds. The fraction of sp³-hybridized carbons (Fsp3) is 0.321. The van der Waals surface area contributed by atoms with Crippen LogP contribution in [0.4, 0.5) is 0 Å². The highest BCUT2D eigenvalue weighted by molar-refractivity contribution is 7.91. The molecule has 0 saturated carbocycles. The van der Waals surface area contributed by atoms with Gasteiger partial charge < -0.3 is 4.43 Å². The first kappa shape index (κ1) is 27.3. The topological polar surface area (TPSA) is 60.4 Å². The Morgan fingerprint density at radius 2 is 1.26 bits per heavy atom. The average Bonchev–Trinajstić information content (AvgIpc) is 2.83. The van der Waals surface area contributed by atoms with Crippen LogP contribution >= 0.6 is 0 Å². The van der Waals surface area contributed by atoms with Crippen LogP contribution in [0.1, 0.15) is 29.3 Å². The second kappa shape index (κ2) is 10.3. The van der Waals surface area contributed by atoms with Crippen molar-refractivity contribution in [2.24, 2.45) is 0 Å². The standard InChI is InChI=1S/C28H36O4SSi2/c1-7-28(22-23-14-10-8-11-15-23,32-35(5,6)34(2,3)4)27(29)24-18-20-26(21-19-24)33(30,31)25-16-12-9-13-17-25/h8-21H,7,22H2,1-6H3. The molecule has 35 heavy (non-hydrogen) atoms. The van der Waals surface area contributed by atoms with Gasteiger partial charge in [-0.2, -0.15) is 0 Å². The van der Waals surface area contributed by atoms with Crippen molar-refractivity contribution in [3.8, 4) is 0 Å². The summed E-state index contributed by atoms with van der Waals surface area (Å²) in [4.78, 5) is 14.5. The third-order valence-electron chi connectivity index (χ3n) is 7.05. The first-order valence-electron chi connectivity index (χ1n) is 12.0. The Balaban J connectivity index is 2.02. The molecule has 3 aromatic carbocycles. The predicted molar refractivity (Wildman–Crippen MR) is 148 cm³/mol. The van der Waals surface area contributed by atoms with E-state index in [1.165, 1.54) is 12.1 Å². The Kier molecular flexibility index (Phi) is 8.06. The van der Waals surface area contributed by atoms with Gasteiger partial charge in [0.15, 0.2) is 13.6 Å². The zero-order valence-electron chi connectivity index (χ0n) is 21.5. The lowest BCUT2D eigenvalue weighted by molar-refractivity contribution is 0.0406. The fourth-order valence-corrected chi connectivity index (χ4v) is 8.25. The van der Waals surface area contributed by atoms with Gasteiger partial charge in [-0.3, -0.25) is 4.79 Å². The Labute approximate surface area is 212 Å². The lowest BCUT2D eigenvalue weighted by Gasteiger charge is -2.44. The number of sulfone groups is 1. The van der Waals surface area contributed by atoms with Gasteiger partial charge in [0.05, 0.1) is 17.4 Å². The highest BCUT2D eigenvalue weighted by atomic mass is 32.2. The number of hydrogen-bond acceptors (Lipinski definition) is 4. The second-order valence-electron chi connectivity index (χ2n) is 10.5. The predicted octanol–water partition coefficient (Wildman–Crippen LogP) is 6.73. The van der Waals surface area contributed by atoms with Crippen molar-refractivity contribution in [3.05, 3.63) is 96.1 Å². The summed E-state index contributed by atoms with van der Waals surface area (Å²) in [7, 11) is -7.48. The fourth-order valence-electron chi connectivity index (χ4n) is 3.87. The van der Waals surface area contributed by atoms with E-state index in [1.807, 2.05) is 37.3 Å². The van der Waals surface area contributed by atoms with Crippen LogP contribution in [0.25, 0.3) is 0 Å². The van der Waals surface area contributed by atoms with Gasteiger partial charge in [-0.1, -0.05) is 75.1 Å². The summed E-state index contributed by atoms with van der Waals surface area (Å²) in [6.45, 7) is 13.3. The van der Waals surface area contributed by atoms with Crippen molar-refractivity contribution in [2.75, 3.05) is 0 Å². The SMILES string of the molecule is CCC(Cc1ccccc1)(O[Si](C)(C)[Si](C)(C)C)C(=O)c1ccc(S(=O)(=O)c2ccccc2)cc1. The van der Waals surface area contributed by atoms with E-state index in [0.29, 0.717) is 18.4 Å². The Morgan fingerprint density at radius 1 is 0.771 bits per heavy atom. The molecule has 1 atom stereocenters. The summed E-state index contributed by atoms with van der Waals surface area (Å²) >= 11 is 0. The number of ketones is 1. The quantitative estimate of drug-likeness (QED) is 0.218. The highest BCUT2D eigenvalue weighted by Crippen LogP contribution is 2.34. The van der Waals surface area contributed by atoms with Crippen molar-refractivity contribution in [1.82, 2.24) is 0 Å². The molecule has 0 fully saturated rings. The summed E-state index contributed by atoms with van der Waals surface area (Å²) in [5, 5.41) is 0. The van der Waals surface area contributed by atoms with Crippen LogP contribution in [0.2, 0.25) is 32.7 Å². The zero-order chi connectivity index (χ0) is 25.9. The molecule has 0 aromatic heterocycles. The number of carbonyl (C=O) groups excluding carboxylic acids is 1. The first-order valence-corrected chi connectivity index (χ1v) is 20.9. The third-order valence-corrected chi connectivity index (χ3v) is 24.5. The number of hydrogen-bond donors (Lipinski definition) is 0. The highest BCUT2D eigenvalue weighted by Gasteiger charge is 2.48. The molecule has 3 rings (SSSR count). The molecule has 0 saturated heterocycles. The zero-order valence-corrected chi connectivity index (χ0v) is 24.4. The summed E-state index contributed by atoms with van der Waals surface area (Å²) in [6, 6.07) is 24.6. The van der Waals surface area contributed by atoms with Crippen LogP contribution in [-0.2, 0) is 20.7 Å². The summed E-state index contributed by atoms with van der Waals surface area (Å²) in [5.74, 6) is -0.0914. The molecule has 0 N–H and O–H groups in total. The first-order chi connectivity index (χ1) is 16.3. The number of benzene rings is 3. The van der Waals surface area contributed by atoms with Crippen molar-refractivity contribution >= 4 is 31.0 Å². The minimum absolute atomic E-state index is 0.0914. The van der Waals surface area contributed by atoms with Crippen molar-refractivity contribution < 1.29 is 17.6 Å². The third kappa shape index (κ3) is 5.91. The minimum Gasteiger partial charge on any atom is -0.407 e. The largest absolute Gasteiger partial charge is 0.407 e. The van der Waals surface area contributed by atoms with Gasteiger partial charge in [0.1, 0.15) is 5.60 Å². The Morgan fingerprint density at radius 3 is 1.74 bits per heavy atom. The average molecular weight is 525 g/mol. The van der Waals surface area contributed by atoms with E-state index in [1.54, 1.807) is 42.5 Å². The number of Topliss-reactive ketones (excluding diaryl/α,β-unsaturated/α-hetero) is 1. The molecule has 186 valence electrons. The van der Waals surface area contributed by atoms with Gasteiger partial charge in [-0.15, -0.1) is 0 Å². The van der Waals surface area contributed by atoms with E-state index in [2.05, 4.69) is 32.7 Å². The van der Waals surface area contributed by atoms with Gasteiger partial charge in [0.25, 0.3) is 0 Å². The molecule has 1 unspecified atom stereocenters. The van der Waals surface area contributed by atoms with Crippen LogP contribution in [0.3, 0.4) is 0 Å². The molecule has 0 aliphatic carbocycles. The van der Waals surface area contributed by atoms with Crippen LogP contribution in [0.15, 0.2) is 94.7 Å². The van der Waals surface area contributed by atoms with E-state index >= 15 is 0 Å². The molecule has 0 heterocycles. The van der Waals surface area contributed by atoms with E-state index in [0.717, 1.165) is 5.56 Å². The molecule has 0 spiro atoms. The normalized spacial score (nSPS) is 14.3. The van der Waals surface area contributed by atoms with Crippen molar-refractivity contribution in [1.29, 1.82) is 0 Å². The molecule has 0 radical (unpaired) electrons. The molecule has 3 aromatic rings. The van der Waals surface area contributed by atoms with Crippen molar-refractivity contribution in [3.63, 3.8) is 0 Å². The Hall–Kier alpha value is -2.33. The monoisotopic (exact) mass is 524 g/mol. The summed E-state index contributed by atoms with van der Waals surface area (Å²) in [6.07, 6.45) is 1.01. The van der Waals surface area contributed by atoms with Crippen LogP contribution in [0, 0.1) is 0 Å². The van der Waals surface area contributed by atoms with Gasteiger partial charge in [-0.05, 0) is 61.5 Å². The number of rotatable bonds is 10. The smallest absolute Gasteiger partial charge is 0.206 e. The second-order valence-corrected chi connectivity index (χ2v) is 28.3. The van der Waals surface area contributed by atoms with E-state index < -0.39 is 30.9 Å². The minimum atomic E-state index is -3.65. The molecular weight excluding hydrogens is 489 g/mol. The Bertz CT molecular complexity index is 1250.